The molecule has 0 saturated heterocycles. The van der Waals surface area contributed by atoms with E-state index in [9.17, 15) is 19.8 Å². The summed E-state index contributed by atoms with van der Waals surface area (Å²) in [6, 6.07) is 3.83. The normalized spacial score (nSPS) is 24.9. The molecule has 1 aromatic rings. The summed E-state index contributed by atoms with van der Waals surface area (Å²) in [7, 11) is 0. The maximum absolute atomic E-state index is 15.1. The van der Waals surface area contributed by atoms with Crippen molar-refractivity contribution in [3.63, 3.8) is 0 Å². The molecule has 1 fully saturated rings. The zero-order valence-electron chi connectivity index (χ0n) is 27.6. The molecule has 4 atom stereocenters. The van der Waals surface area contributed by atoms with Crippen LogP contribution in [-0.4, -0.2) is 27.6 Å². The van der Waals surface area contributed by atoms with E-state index in [-0.39, 0.29) is 40.9 Å². The van der Waals surface area contributed by atoms with Gasteiger partial charge in [0.25, 0.3) is 0 Å². The molecule has 2 N–H and O–H groups in total. The summed E-state index contributed by atoms with van der Waals surface area (Å²) in [5, 5.41) is 20.1. The van der Waals surface area contributed by atoms with E-state index in [1.165, 1.54) is 29.3 Å². The Bertz CT molecular complexity index is 1440. The zero-order chi connectivity index (χ0) is 32.5. The topological polar surface area (TPSA) is 91.7 Å². The first kappa shape index (κ1) is 34.0. The summed E-state index contributed by atoms with van der Waals surface area (Å²) >= 11 is 0. The fourth-order valence-electron chi connectivity index (χ4n) is 7.01. The maximum Gasteiger partial charge on any atom is 0.196 e. The number of Topliss-reactive ketones (excluding diaryl/α,β-unsaturated/α-hetero) is 3. The van der Waals surface area contributed by atoms with E-state index < -0.39 is 33.6 Å². The second-order valence-corrected chi connectivity index (χ2v) is 14.2. The van der Waals surface area contributed by atoms with Crippen molar-refractivity contribution in [3.05, 3.63) is 82.5 Å². The first-order valence-corrected chi connectivity index (χ1v) is 15.3. The molecule has 0 spiro atoms. The van der Waals surface area contributed by atoms with Gasteiger partial charge < -0.3 is 10.2 Å². The van der Waals surface area contributed by atoms with Crippen LogP contribution in [-0.2, 0) is 9.59 Å². The molecule has 0 aliphatic heterocycles. The van der Waals surface area contributed by atoms with Crippen LogP contribution >= 0.6 is 0 Å². The van der Waals surface area contributed by atoms with Crippen LogP contribution in [0.2, 0.25) is 0 Å². The molecule has 0 aromatic heterocycles. The van der Waals surface area contributed by atoms with Gasteiger partial charge in [-0.1, -0.05) is 67.0 Å². The summed E-state index contributed by atoms with van der Waals surface area (Å²) in [5.74, 6) is -1.91. The molecule has 1 aromatic carbocycles. The van der Waals surface area contributed by atoms with Crippen LogP contribution in [0.15, 0.2) is 76.9 Å². The number of rotatable bonds is 11. The molecule has 0 heterocycles. The highest BCUT2D eigenvalue weighted by Crippen LogP contribution is 2.65. The Morgan fingerprint density at radius 1 is 0.953 bits per heavy atom. The monoisotopic (exact) mass is 586 g/mol. The quantitative estimate of drug-likeness (QED) is 0.0887. The third kappa shape index (κ3) is 6.41. The van der Waals surface area contributed by atoms with Crippen molar-refractivity contribution in [3.8, 4) is 11.5 Å². The van der Waals surface area contributed by atoms with E-state index >= 15 is 4.79 Å². The minimum absolute atomic E-state index is 0.00876. The molecule has 4 unspecified atom stereocenters. The van der Waals surface area contributed by atoms with E-state index in [2.05, 4.69) is 32.6 Å². The van der Waals surface area contributed by atoms with Gasteiger partial charge in [0.2, 0.25) is 0 Å². The number of phenols is 2. The second-order valence-electron chi connectivity index (χ2n) is 14.2. The van der Waals surface area contributed by atoms with Gasteiger partial charge in [0.05, 0.1) is 5.57 Å². The van der Waals surface area contributed by atoms with Crippen molar-refractivity contribution in [1.82, 2.24) is 0 Å². The summed E-state index contributed by atoms with van der Waals surface area (Å²) in [6.45, 7) is 22.4. The van der Waals surface area contributed by atoms with Gasteiger partial charge in [0.1, 0.15) is 5.41 Å². The van der Waals surface area contributed by atoms with Crippen LogP contribution in [0.25, 0.3) is 0 Å². The highest BCUT2D eigenvalue weighted by molar-refractivity contribution is 6.34. The molecule has 3 rings (SSSR count). The number of allylic oxidation sites excluding steroid dienone is 9. The van der Waals surface area contributed by atoms with Crippen LogP contribution in [0.3, 0.4) is 0 Å². The molecule has 5 heteroatoms. The minimum Gasteiger partial charge on any atom is -0.504 e. The van der Waals surface area contributed by atoms with Gasteiger partial charge >= 0.3 is 0 Å². The average molecular weight is 587 g/mol. The molecule has 43 heavy (non-hydrogen) atoms. The number of hydrogen-bond donors (Lipinski definition) is 2. The highest BCUT2D eigenvalue weighted by Gasteiger charge is 2.69. The standard InChI is InChI=1S/C38H50O5/c1-23(2)11-13-28(26(7)8)20-37-21-29(15-12-24(3)4)36(9,10)38(35(37)43,18-17-25(5)6)34(42)30(22-37)33(41)27-14-16-31(39)32(40)19-27/h11-12,14,16-17,19,22,28-29,39-40H,7,13,15,18,20-21H2,1-6,8-10H3. The molecule has 2 bridgehead atoms. The summed E-state index contributed by atoms with van der Waals surface area (Å²) in [4.78, 5) is 44.1. The van der Waals surface area contributed by atoms with E-state index in [0.29, 0.717) is 19.3 Å². The van der Waals surface area contributed by atoms with E-state index in [0.717, 1.165) is 17.6 Å². The average Bonchev–Trinajstić information content (AvgIpc) is 2.90. The van der Waals surface area contributed by atoms with Gasteiger partial charge in [0, 0.05) is 11.0 Å². The molecular weight excluding hydrogens is 536 g/mol. The molecule has 5 nitrogen and oxygen atoms in total. The first-order valence-electron chi connectivity index (χ1n) is 15.3. The number of fused-ring (bicyclic) bond motifs is 2. The van der Waals surface area contributed by atoms with Gasteiger partial charge in [-0.3, -0.25) is 14.4 Å². The van der Waals surface area contributed by atoms with Crippen LogP contribution in [0.5, 0.6) is 11.5 Å². The SMILES string of the molecule is C=C(C)C(CC=C(C)C)CC12C=C(C(=O)c3ccc(O)c(O)c3)C(=O)C(CC=C(C)C)(C1=O)C(C)(C)C(CC=C(C)C)C2. The predicted molar refractivity (Wildman–Crippen MR) is 174 cm³/mol. The largest absolute Gasteiger partial charge is 0.504 e. The lowest BCUT2D eigenvalue weighted by Gasteiger charge is -2.60. The molecule has 0 radical (unpaired) electrons. The summed E-state index contributed by atoms with van der Waals surface area (Å²) < 4.78 is 0. The Balaban J connectivity index is 2.39. The number of carbonyl (C=O) groups excluding carboxylic acids is 3. The number of carbonyl (C=O) groups is 3. The molecule has 2 aliphatic rings. The van der Waals surface area contributed by atoms with Crippen LogP contribution in [0.1, 0.15) is 105 Å². The molecule has 232 valence electrons. The van der Waals surface area contributed by atoms with E-state index in [1.807, 2.05) is 54.5 Å². The Hall–Kier alpha value is -3.47. The van der Waals surface area contributed by atoms with Crippen molar-refractivity contribution in [1.29, 1.82) is 0 Å². The fraction of sp³-hybridized carbons (Fsp3) is 0.500. The number of aromatic hydroxyl groups is 2. The Kier molecular flexibility index (Phi) is 10.0. The number of phenolic OH excluding ortho intramolecular Hbond substituents is 2. The highest BCUT2D eigenvalue weighted by atomic mass is 16.3. The third-order valence-corrected chi connectivity index (χ3v) is 9.85. The van der Waals surface area contributed by atoms with Gasteiger partial charge in [-0.05, 0) is 116 Å². The molecule has 0 amide bonds. The van der Waals surface area contributed by atoms with Gasteiger partial charge in [0.15, 0.2) is 28.8 Å². The van der Waals surface area contributed by atoms with Crippen LogP contribution in [0, 0.1) is 28.1 Å². The molecule has 1 saturated carbocycles. The molecule has 2 aliphatic carbocycles. The third-order valence-electron chi connectivity index (χ3n) is 9.85. The Morgan fingerprint density at radius 3 is 2.09 bits per heavy atom. The minimum atomic E-state index is -1.45. The van der Waals surface area contributed by atoms with Gasteiger partial charge in [-0.2, -0.15) is 0 Å². The Labute approximate surface area is 258 Å². The first-order chi connectivity index (χ1) is 19.9. The fourth-order valence-corrected chi connectivity index (χ4v) is 7.01. The zero-order valence-corrected chi connectivity index (χ0v) is 27.6. The predicted octanol–water partition coefficient (Wildman–Crippen LogP) is 9.03. The van der Waals surface area contributed by atoms with E-state index in [1.54, 1.807) is 6.08 Å². The van der Waals surface area contributed by atoms with Crippen molar-refractivity contribution < 1.29 is 24.6 Å². The van der Waals surface area contributed by atoms with Crippen molar-refractivity contribution in [2.45, 2.75) is 94.4 Å². The number of benzene rings is 1. The van der Waals surface area contributed by atoms with Gasteiger partial charge in [-0.15, -0.1) is 0 Å². The lowest BCUT2D eigenvalue weighted by Crippen LogP contribution is -2.66. The van der Waals surface area contributed by atoms with Crippen molar-refractivity contribution >= 4 is 17.3 Å². The van der Waals surface area contributed by atoms with E-state index in [4.69, 9.17) is 0 Å². The number of ketones is 3. The van der Waals surface area contributed by atoms with Gasteiger partial charge in [-0.25, -0.2) is 0 Å². The Morgan fingerprint density at radius 2 is 1.56 bits per heavy atom. The van der Waals surface area contributed by atoms with Crippen LogP contribution < -0.4 is 0 Å². The maximum atomic E-state index is 15.1. The smallest absolute Gasteiger partial charge is 0.196 e. The lowest BCUT2D eigenvalue weighted by molar-refractivity contribution is -0.168. The van der Waals surface area contributed by atoms with Crippen molar-refractivity contribution in [2.24, 2.45) is 28.1 Å². The second kappa shape index (κ2) is 12.6. The summed E-state index contributed by atoms with van der Waals surface area (Å²) in [6.07, 6.45) is 10.6. The van der Waals surface area contributed by atoms with Crippen LogP contribution in [0.4, 0.5) is 0 Å². The molecular formula is C38H50O5. The van der Waals surface area contributed by atoms with Crippen molar-refractivity contribution in [2.75, 3.05) is 0 Å². The summed E-state index contributed by atoms with van der Waals surface area (Å²) in [5.41, 5.74) is 1.14. The number of hydrogen-bond acceptors (Lipinski definition) is 5. The lowest BCUT2D eigenvalue weighted by atomic mass is 9.40.